The maximum atomic E-state index is 13.0. The zero-order valence-electron chi connectivity index (χ0n) is 14.9. The Labute approximate surface area is 147 Å². The maximum absolute atomic E-state index is 13.0. The van der Waals surface area contributed by atoms with Crippen molar-refractivity contribution in [1.29, 1.82) is 0 Å². The minimum Gasteiger partial charge on any atom is -0.342 e. The molecule has 1 fully saturated rings. The molecule has 2 aromatic heterocycles. The highest BCUT2D eigenvalue weighted by Gasteiger charge is 2.37. The highest BCUT2D eigenvalue weighted by Crippen LogP contribution is 2.22. The number of fused-ring (bicyclic) bond motifs is 1. The van der Waals surface area contributed by atoms with Gasteiger partial charge in [-0.25, -0.2) is 13.4 Å². The first kappa shape index (κ1) is 17.8. The number of nitrogens with zero attached hydrogens (tertiary/aromatic N) is 5. The van der Waals surface area contributed by atoms with Crippen LogP contribution in [0, 0.1) is 19.8 Å². The summed E-state index contributed by atoms with van der Waals surface area (Å²) in [4.78, 5) is 18.5. The Morgan fingerprint density at radius 2 is 1.88 bits per heavy atom. The molecule has 0 aromatic carbocycles. The van der Waals surface area contributed by atoms with Crippen LogP contribution in [0.5, 0.6) is 0 Å². The van der Waals surface area contributed by atoms with E-state index in [1.807, 2.05) is 0 Å². The lowest BCUT2D eigenvalue weighted by atomic mass is 9.99. The molecule has 1 amide bonds. The zero-order chi connectivity index (χ0) is 18.4. The van der Waals surface area contributed by atoms with Crippen LogP contribution < -0.4 is 0 Å². The molecule has 0 aliphatic carbocycles. The first-order valence-corrected chi connectivity index (χ1v) is 9.98. The topological polar surface area (TPSA) is 97.5 Å². The number of piperidine rings is 1. The zero-order valence-corrected chi connectivity index (χ0v) is 15.7. The first-order chi connectivity index (χ1) is 11.7. The van der Waals surface area contributed by atoms with Gasteiger partial charge < -0.3 is 4.90 Å². The van der Waals surface area contributed by atoms with Crippen molar-refractivity contribution in [1.82, 2.24) is 24.5 Å². The van der Waals surface area contributed by atoms with Crippen LogP contribution in [-0.4, -0.2) is 57.1 Å². The molecule has 136 valence electrons. The molecular weight excluding hydrogens is 342 g/mol. The third kappa shape index (κ3) is 3.12. The molecule has 0 N–H and O–H groups in total. The van der Waals surface area contributed by atoms with Crippen molar-refractivity contribution in [3.63, 3.8) is 0 Å². The van der Waals surface area contributed by atoms with Crippen LogP contribution in [0.3, 0.4) is 0 Å². The van der Waals surface area contributed by atoms with Crippen LogP contribution in [-0.2, 0) is 14.6 Å². The van der Waals surface area contributed by atoms with Gasteiger partial charge in [-0.15, -0.1) is 10.2 Å². The molecule has 0 saturated carbocycles. The van der Waals surface area contributed by atoms with Crippen LogP contribution in [0.1, 0.15) is 38.1 Å². The molecule has 0 bridgehead atoms. The van der Waals surface area contributed by atoms with Crippen molar-refractivity contribution in [3.05, 3.63) is 17.5 Å². The van der Waals surface area contributed by atoms with E-state index in [4.69, 9.17) is 0 Å². The Balaban J connectivity index is 1.95. The van der Waals surface area contributed by atoms with Gasteiger partial charge in [-0.05, 0) is 45.6 Å². The van der Waals surface area contributed by atoms with Gasteiger partial charge in [0.15, 0.2) is 0 Å². The summed E-state index contributed by atoms with van der Waals surface area (Å²) in [5, 5.41) is 6.27. The Morgan fingerprint density at radius 1 is 1.24 bits per heavy atom. The van der Waals surface area contributed by atoms with Gasteiger partial charge in [-0.1, -0.05) is 6.92 Å². The van der Waals surface area contributed by atoms with E-state index in [2.05, 4.69) is 22.1 Å². The average molecular weight is 365 g/mol. The molecule has 0 radical (unpaired) electrons. The highest BCUT2D eigenvalue weighted by molar-refractivity contribution is 7.92. The van der Waals surface area contributed by atoms with Gasteiger partial charge in [0.05, 0.1) is 0 Å². The Morgan fingerprint density at radius 3 is 2.52 bits per heavy atom. The van der Waals surface area contributed by atoms with Gasteiger partial charge in [0, 0.05) is 24.5 Å². The number of hydrogen-bond donors (Lipinski definition) is 0. The van der Waals surface area contributed by atoms with Gasteiger partial charge >= 0.3 is 0 Å². The van der Waals surface area contributed by atoms with Crippen LogP contribution in [0.25, 0.3) is 5.78 Å². The summed E-state index contributed by atoms with van der Waals surface area (Å²) in [6, 6.07) is 1.76. The molecule has 1 aliphatic rings. The van der Waals surface area contributed by atoms with E-state index >= 15 is 0 Å². The summed E-state index contributed by atoms with van der Waals surface area (Å²) in [7, 11) is -3.96. The minimum absolute atomic E-state index is 0.223. The lowest BCUT2D eigenvalue weighted by molar-refractivity contribution is -0.131. The van der Waals surface area contributed by atoms with E-state index in [0.29, 0.717) is 24.7 Å². The molecule has 1 unspecified atom stereocenters. The summed E-state index contributed by atoms with van der Waals surface area (Å²) < 4.78 is 27.4. The second-order valence-corrected chi connectivity index (χ2v) is 9.01. The Kier molecular flexibility index (Phi) is 4.52. The fourth-order valence-electron chi connectivity index (χ4n) is 3.16. The van der Waals surface area contributed by atoms with Gasteiger partial charge in [0.25, 0.3) is 10.9 Å². The molecule has 1 atom stereocenters. The van der Waals surface area contributed by atoms with Crippen LogP contribution in [0.15, 0.2) is 11.2 Å². The van der Waals surface area contributed by atoms with Crippen LogP contribution in [0.2, 0.25) is 0 Å². The molecule has 3 heterocycles. The fourth-order valence-corrected chi connectivity index (χ4v) is 4.53. The second-order valence-electron chi connectivity index (χ2n) is 6.85. The highest BCUT2D eigenvalue weighted by atomic mass is 32.2. The monoisotopic (exact) mass is 365 g/mol. The van der Waals surface area contributed by atoms with Gasteiger partial charge in [-0.3, -0.25) is 9.20 Å². The lowest BCUT2D eigenvalue weighted by Gasteiger charge is -2.31. The molecule has 3 rings (SSSR count). The van der Waals surface area contributed by atoms with E-state index in [0.717, 1.165) is 18.5 Å². The van der Waals surface area contributed by atoms with Crippen molar-refractivity contribution in [2.75, 3.05) is 13.1 Å². The number of aryl methyl sites for hydroxylation is 2. The van der Waals surface area contributed by atoms with Crippen molar-refractivity contribution >= 4 is 21.5 Å². The van der Waals surface area contributed by atoms with Crippen molar-refractivity contribution in [3.8, 4) is 0 Å². The number of rotatable bonds is 3. The Hall–Kier alpha value is -2.03. The summed E-state index contributed by atoms with van der Waals surface area (Å²) in [6.07, 6.45) is 1.79. The second kappa shape index (κ2) is 6.36. The molecular formula is C16H23N5O3S. The molecule has 25 heavy (non-hydrogen) atoms. The van der Waals surface area contributed by atoms with E-state index in [-0.39, 0.29) is 16.8 Å². The molecule has 8 nitrogen and oxygen atoms in total. The quantitative estimate of drug-likeness (QED) is 0.810. The van der Waals surface area contributed by atoms with Gasteiger partial charge in [-0.2, -0.15) is 0 Å². The van der Waals surface area contributed by atoms with Crippen molar-refractivity contribution in [2.45, 2.75) is 50.9 Å². The molecule has 2 aromatic rings. The van der Waals surface area contributed by atoms with Gasteiger partial charge in [0.1, 0.15) is 5.25 Å². The smallest absolute Gasteiger partial charge is 0.256 e. The average Bonchev–Trinajstić information content (AvgIpc) is 2.99. The van der Waals surface area contributed by atoms with Crippen LogP contribution in [0.4, 0.5) is 0 Å². The number of hydrogen-bond acceptors (Lipinski definition) is 6. The largest absolute Gasteiger partial charge is 0.342 e. The molecule has 0 spiro atoms. The summed E-state index contributed by atoms with van der Waals surface area (Å²) >= 11 is 0. The predicted molar refractivity (Wildman–Crippen MR) is 91.9 cm³/mol. The summed E-state index contributed by atoms with van der Waals surface area (Å²) in [5.74, 6) is 0.414. The fraction of sp³-hybridized carbons (Fsp3) is 0.625. The van der Waals surface area contributed by atoms with Crippen LogP contribution >= 0.6 is 0 Å². The minimum atomic E-state index is -3.96. The van der Waals surface area contributed by atoms with E-state index in [1.54, 1.807) is 24.8 Å². The summed E-state index contributed by atoms with van der Waals surface area (Å²) in [5.41, 5.74) is 1.39. The number of likely N-dealkylation sites (tertiary alicyclic amines) is 1. The number of carbonyl (C=O) groups excluding carboxylic acids is 1. The van der Waals surface area contributed by atoms with Crippen molar-refractivity contribution in [2.24, 2.45) is 5.92 Å². The number of sulfone groups is 1. The SMILES string of the molecule is Cc1cc(C)n2c(S(=O)(=O)C(C)C(=O)N3CCC(C)CC3)nnc2n1. The number of carbonyl (C=O) groups is 1. The maximum Gasteiger partial charge on any atom is 0.256 e. The molecule has 1 aliphatic heterocycles. The van der Waals surface area contributed by atoms with E-state index < -0.39 is 15.1 Å². The van der Waals surface area contributed by atoms with Crippen molar-refractivity contribution < 1.29 is 13.2 Å². The standard InChI is InChI=1S/C16H23N5O3S/c1-10-5-7-20(8-6-10)14(22)13(4)25(23,24)16-19-18-15-17-11(2)9-12(3)21(15)16/h9-10,13H,5-8H2,1-4H3. The molecule has 1 saturated heterocycles. The Bertz CT molecular complexity index is 913. The van der Waals surface area contributed by atoms with Gasteiger partial charge in [0.2, 0.25) is 15.7 Å². The number of aromatic nitrogens is 4. The number of amides is 1. The van der Waals surface area contributed by atoms with E-state index in [9.17, 15) is 13.2 Å². The molecule has 9 heteroatoms. The third-order valence-corrected chi connectivity index (χ3v) is 6.73. The third-order valence-electron chi connectivity index (χ3n) is 4.83. The normalized spacial score (nSPS) is 17.8. The van der Waals surface area contributed by atoms with E-state index in [1.165, 1.54) is 11.3 Å². The first-order valence-electron chi connectivity index (χ1n) is 8.44. The summed E-state index contributed by atoms with van der Waals surface area (Å²) in [6.45, 7) is 8.33. The lowest BCUT2D eigenvalue weighted by Crippen LogP contribution is -2.45. The predicted octanol–water partition coefficient (Wildman–Crippen LogP) is 1.16.